The molecule has 1 aliphatic rings. The largest absolute Gasteiger partial charge is 0.351 e. The summed E-state index contributed by atoms with van der Waals surface area (Å²) in [6, 6.07) is 0. The number of aromatic nitrogens is 1. The number of hydrogen-bond acceptors (Lipinski definition) is 4. The molecule has 0 aromatic carbocycles. The predicted octanol–water partition coefficient (Wildman–Crippen LogP) is 4.12. The fourth-order valence-corrected chi connectivity index (χ4v) is 3.92. The first-order chi connectivity index (χ1) is 12.9. The molecule has 1 heterocycles. The molecule has 2 rings (SSSR count). The third kappa shape index (κ3) is 4.55. The molecule has 1 fully saturated rings. The monoisotopic (exact) mass is 409 g/mol. The molecule has 1 saturated carbocycles. The molecule has 0 saturated heterocycles. The molecule has 0 spiro atoms. The van der Waals surface area contributed by atoms with Crippen molar-refractivity contribution in [1.29, 1.82) is 0 Å². The van der Waals surface area contributed by atoms with Crippen LogP contribution in [-0.4, -0.2) is 17.7 Å². The van der Waals surface area contributed by atoms with Gasteiger partial charge in [-0.3, -0.25) is 9.52 Å². The van der Waals surface area contributed by atoms with E-state index in [1.807, 2.05) is 0 Å². The van der Waals surface area contributed by atoms with Crippen LogP contribution in [0.2, 0.25) is 0 Å². The van der Waals surface area contributed by atoms with Crippen LogP contribution in [0.25, 0.3) is 0 Å². The summed E-state index contributed by atoms with van der Waals surface area (Å²) in [7, 11) is -2.10. The van der Waals surface area contributed by atoms with Gasteiger partial charge in [0.25, 0.3) is 5.56 Å². The second-order valence-electron chi connectivity index (χ2n) is 7.49. The Bertz CT molecular complexity index is 1020. The number of pyridine rings is 1. The molecule has 28 heavy (non-hydrogen) atoms. The van der Waals surface area contributed by atoms with Crippen molar-refractivity contribution in [1.82, 2.24) is 4.57 Å². The van der Waals surface area contributed by atoms with E-state index in [0.717, 1.165) is 5.57 Å². The van der Waals surface area contributed by atoms with Crippen molar-refractivity contribution in [2.45, 2.75) is 51.7 Å². The molecule has 1 aromatic heterocycles. The lowest BCUT2D eigenvalue weighted by Gasteiger charge is -2.20. The molecule has 1 aromatic rings. The number of nitrogens with zero attached hydrogens (tertiary/aromatic N) is 1. The SMILES string of the molecule is C=C(C)/C=C\C(Nc1c(NS(=O)(=O)C2(C)CC2)cn(C)c(=O)c1C)=C(\F)CC. The predicted molar refractivity (Wildman–Crippen MR) is 113 cm³/mol. The summed E-state index contributed by atoms with van der Waals surface area (Å²) in [4.78, 5) is 12.4. The number of allylic oxidation sites excluding steroid dienone is 4. The van der Waals surface area contributed by atoms with Crippen molar-refractivity contribution < 1.29 is 12.8 Å². The average molecular weight is 410 g/mol. The standard InChI is InChI=1S/C20H28FN3O3S/c1-7-15(21)16(9-8-13(2)3)22-18-14(4)19(25)24(6)12-17(18)23-28(26,27)20(5)10-11-20/h8-9,12,22-23H,2,7,10-11H2,1,3-6H3/b9-8-,16-15-. The Kier molecular flexibility index (Phi) is 6.23. The number of anilines is 2. The van der Waals surface area contributed by atoms with Crippen molar-refractivity contribution in [2.75, 3.05) is 10.0 Å². The Morgan fingerprint density at radius 3 is 2.50 bits per heavy atom. The van der Waals surface area contributed by atoms with E-state index >= 15 is 0 Å². The Morgan fingerprint density at radius 2 is 2.00 bits per heavy atom. The second kappa shape index (κ2) is 7.95. The van der Waals surface area contributed by atoms with E-state index in [1.165, 1.54) is 16.8 Å². The zero-order valence-electron chi connectivity index (χ0n) is 17.0. The van der Waals surface area contributed by atoms with E-state index in [-0.39, 0.29) is 34.6 Å². The molecule has 6 nitrogen and oxygen atoms in total. The fraction of sp³-hybridized carbons (Fsp3) is 0.450. The highest BCUT2D eigenvalue weighted by Gasteiger charge is 2.50. The van der Waals surface area contributed by atoms with Crippen LogP contribution in [0.4, 0.5) is 15.8 Å². The van der Waals surface area contributed by atoms with Crippen molar-refractivity contribution in [3.8, 4) is 0 Å². The van der Waals surface area contributed by atoms with E-state index in [0.29, 0.717) is 12.8 Å². The maximum absolute atomic E-state index is 14.4. The van der Waals surface area contributed by atoms with Gasteiger partial charge in [0.05, 0.1) is 21.8 Å². The number of nitrogens with one attached hydrogen (secondary N) is 2. The molecule has 2 N–H and O–H groups in total. The minimum absolute atomic E-state index is 0.145. The molecule has 8 heteroatoms. The number of rotatable bonds is 8. The normalized spacial score (nSPS) is 16.6. The van der Waals surface area contributed by atoms with Crippen LogP contribution in [0.5, 0.6) is 0 Å². The highest BCUT2D eigenvalue weighted by Crippen LogP contribution is 2.44. The van der Waals surface area contributed by atoms with E-state index < -0.39 is 20.6 Å². The maximum atomic E-state index is 14.4. The minimum atomic E-state index is -3.64. The first-order valence-corrected chi connectivity index (χ1v) is 10.6. The van der Waals surface area contributed by atoms with E-state index in [9.17, 15) is 17.6 Å². The molecule has 154 valence electrons. The first kappa shape index (κ1) is 21.9. The van der Waals surface area contributed by atoms with E-state index in [1.54, 1.807) is 40.8 Å². The summed E-state index contributed by atoms with van der Waals surface area (Å²) >= 11 is 0. The van der Waals surface area contributed by atoms with Crippen molar-refractivity contribution in [2.24, 2.45) is 7.05 Å². The molecule has 1 aliphatic carbocycles. The minimum Gasteiger partial charge on any atom is -0.351 e. The van der Waals surface area contributed by atoms with Gasteiger partial charge >= 0.3 is 0 Å². The van der Waals surface area contributed by atoms with Gasteiger partial charge in [0.1, 0.15) is 5.83 Å². The summed E-state index contributed by atoms with van der Waals surface area (Å²) in [5, 5.41) is 2.92. The second-order valence-corrected chi connectivity index (χ2v) is 9.69. The van der Waals surface area contributed by atoms with Crippen molar-refractivity contribution >= 4 is 21.4 Å². The summed E-state index contributed by atoms with van der Waals surface area (Å²) in [5.41, 5.74) is 1.31. The zero-order valence-corrected chi connectivity index (χ0v) is 17.8. The molecule has 0 amide bonds. The quantitative estimate of drug-likeness (QED) is 0.633. The summed E-state index contributed by atoms with van der Waals surface area (Å²) in [6.07, 6.45) is 5.87. The lowest BCUT2D eigenvalue weighted by molar-refractivity contribution is 0.587. The molecule has 0 aliphatic heterocycles. The van der Waals surface area contributed by atoms with Gasteiger partial charge in [-0.2, -0.15) is 0 Å². The summed E-state index contributed by atoms with van der Waals surface area (Å²) in [5.74, 6) is -0.416. The highest BCUT2D eigenvalue weighted by molar-refractivity contribution is 7.94. The van der Waals surface area contributed by atoms with Gasteiger partial charge in [-0.1, -0.05) is 25.2 Å². The molecule has 0 radical (unpaired) electrons. The molecular formula is C20H28FN3O3S. The van der Waals surface area contributed by atoms with E-state index in [2.05, 4.69) is 16.6 Å². The Hall–Kier alpha value is -2.35. The van der Waals surface area contributed by atoms with Gasteiger partial charge in [-0.15, -0.1) is 0 Å². The van der Waals surface area contributed by atoms with Crippen LogP contribution in [0.1, 0.15) is 45.6 Å². The van der Waals surface area contributed by atoms with Gasteiger partial charge in [-0.25, -0.2) is 12.8 Å². The number of aryl methyl sites for hydroxylation is 1. The third-order valence-corrected chi connectivity index (χ3v) is 7.05. The molecule has 0 bridgehead atoms. The maximum Gasteiger partial charge on any atom is 0.255 e. The number of hydrogen-bond donors (Lipinski definition) is 2. The Labute approximate surface area is 165 Å². The average Bonchev–Trinajstić information content (AvgIpc) is 3.37. The Morgan fingerprint density at radius 1 is 1.39 bits per heavy atom. The molecular weight excluding hydrogens is 381 g/mol. The van der Waals surface area contributed by atoms with E-state index in [4.69, 9.17) is 0 Å². The fourth-order valence-electron chi connectivity index (χ4n) is 2.59. The third-order valence-electron chi connectivity index (χ3n) is 4.85. The van der Waals surface area contributed by atoms with Crippen LogP contribution < -0.4 is 15.6 Å². The zero-order chi connectivity index (χ0) is 21.3. The Balaban J connectivity index is 2.57. The topological polar surface area (TPSA) is 80.2 Å². The smallest absolute Gasteiger partial charge is 0.255 e. The van der Waals surface area contributed by atoms with Crippen molar-refractivity contribution in [3.05, 3.63) is 57.9 Å². The highest BCUT2D eigenvalue weighted by atomic mass is 32.2. The van der Waals surface area contributed by atoms with Crippen LogP contribution in [0.3, 0.4) is 0 Å². The van der Waals surface area contributed by atoms with Crippen LogP contribution in [0.15, 0.2) is 46.8 Å². The molecule has 0 unspecified atom stereocenters. The van der Waals surface area contributed by atoms with Crippen LogP contribution in [-0.2, 0) is 17.1 Å². The number of halogens is 1. The van der Waals surface area contributed by atoms with Gasteiger partial charge in [-0.05, 0) is 46.1 Å². The summed E-state index contributed by atoms with van der Waals surface area (Å²) in [6.45, 7) is 10.5. The number of sulfonamides is 1. The van der Waals surface area contributed by atoms with Gasteiger partial charge < -0.3 is 9.88 Å². The lowest BCUT2D eigenvalue weighted by atomic mass is 10.2. The first-order valence-electron chi connectivity index (χ1n) is 9.13. The van der Waals surface area contributed by atoms with Gasteiger partial charge in [0.15, 0.2) is 0 Å². The van der Waals surface area contributed by atoms with Crippen molar-refractivity contribution in [3.63, 3.8) is 0 Å². The van der Waals surface area contributed by atoms with Crippen LogP contribution in [0, 0.1) is 6.92 Å². The lowest BCUT2D eigenvalue weighted by Crippen LogP contribution is -2.29. The van der Waals surface area contributed by atoms with Gasteiger partial charge in [0.2, 0.25) is 10.0 Å². The molecule has 0 atom stereocenters. The van der Waals surface area contributed by atoms with Gasteiger partial charge in [0, 0.05) is 18.8 Å². The van der Waals surface area contributed by atoms with Crippen LogP contribution >= 0.6 is 0 Å². The summed E-state index contributed by atoms with van der Waals surface area (Å²) < 4.78 is 42.9.